The van der Waals surface area contributed by atoms with Crippen LogP contribution in [0, 0.1) is 0 Å². The molecule has 0 spiro atoms. The van der Waals surface area contributed by atoms with E-state index in [2.05, 4.69) is 23.0 Å². The number of nitrogens with zero attached hydrogens (tertiary/aromatic N) is 2. The van der Waals surface area contributed by atoms with Gasteiger partial charge < -0.3 is 9.84 Å². The highest BCUT2D eigenvalue weighted by Crippen LogP contribution is 2.30. The molecule has 1 N–H and O–H groups in total. The lowest BCUT2D eigenvalue weighted by Crippen LogP contribution is -2.38. The van der Waals surface area contributed by atoms with Gasteiger partial charge >= 0.3 is 0 Å². The molecule has 1 heterocycles. The standard InChI is InChI=1S/C20H26N2O2/c1-22(16-20(23)11-5-6-12-20)14-17-8-2-3-10-19(17)24-15-18-9-4-7-13-21-18/h2-4,7-10,13,23H,5-6,11-12,14-16H2,1H3. The molecule has 0 bridgehead atoms. The van der Waals surface area contributed by atoms with E-state index < -0.39 is 5.60 Å². The number of hydrogen-bond acceptors (Lipinski definition) is 4. The number of hydrogen-bond donors (Lipinski definition) is 1. The first kappa shape index (κ1) is 16.9. The maximum Gasteiger partial charge on any atom is 0.130 e. The van der Waals surface area contributed by atoms with Crippen LogP contribution >= 0.6 is 0 Å². The molecule has 128 valence electrons. The number of ether oxygens (including phenoxy) is 1. The minimum Gasteiger partial charge on any atom is -0.487 e. The molecule has 1 fully saturated rings. The molecule has 0 unspecified atom stereocenters. The number of para-hydroxylation sites is 1. The first-order valence-electron chi connectivity index (χ1n) is 8.66. The second-order valence-corrected chi connectivity index (χ2v) is 6.82. The predicted molar refractivity (Wildman–Crippen MR) is 94.8 cm³/mol. The fourth-order valence-corrected chi connectivity index (χ4v) is 3.45. The van der Waals surface area contributed by atoms with Crippen molar-refractivity contribution in [3.8, 4) is 5.75 Å². The Morgan fingerprint density at radius 1 is 1.12 bits per heavy atom. The third-order valence-electron chi connectivity index (χ3n) is 4.61. The summed E-state index contributed by atoms with van der Waals surface area (Å²) in [6.07, 6.45) is 5.87. The third-order valence-corrected chi connectivity index (χ3v) is 4.61. The average molecular weight is 326 g/mol. The zero-order valence-electron chi connectivity index (χ0n) is 14.3. The first-order chi connectivity index (χ1) is 11.6. The lowest BCUT2D eigenvalue weighted by Gasteiger charge is -2.29. The topological polar surface area (TPSA) is 45.6 Å². The van der Waals surface area contributed by atoms with E-state index in [0.717, 1.165) is 49.2 Å². The van der Waals surface area contributed by atoms with Crippen molar-refractivity contribution < 1.29 is 9.84 Å². The molecule has 0 aliphatic heterocycles. The smallest absolute Gasteiger partial charge is 0.130 e. The molecule has 0 radical (unpaired) electrons. The van der Waals surface area contributed by atoms with E-state index in [0.29, 0.717) is 13.2 Å². The van der Waals surface area contributed by atoms with Crippen molar-refractivity contribution in [3.05, 3.63) is 59.9 Å². The van der Waals surface area contributed by atoms with Crippen LogP contribution in [0.5, 0.6) is 5.75 Å². The van der Waals surface area contributed by atoms with Crippen LogP contribution < -0.4 is 4.74 Å². The van der Waals surface area contributed by atoms with Gasteiger partial charge in [0, 0.05) is 24.8 Å². The van der Waals surface area contributed by atoms with Crippen LogP contribution in [0.25, 0.3) is 0 Å². The Morgan fingerprint density at radius 2 is 1.88 bits per heavy atom. The minimum absolute atomic E-state index is 0.464. The molecule has 1 aromatic carbocycles. The van der Waals surface area contributed by atoms with Gasteiger partial charge in [0.25, 0.3) is 0 Å². The van der Waals surface area contributed by atoms with E-state index in [9.17, 15) is 5.11 Å². The number of aliphatic hydroxyl groups is 1. The highest BCUT2D eigenvalue weighted by atomic mass is 16.5. The maximum atomic E-state index is 10.6. The number of aromatic nitrogens is 1. The summed E-state index contributed by atoms with van der Waals surface area (Å²) in [6.45, 7) is 1.94. The van der Waals surface area contributed by atoms with Crippen LogP contribution in [0.3, 0.4) is 0 Å². The van der Waals surface area contributed by atoms with Gasteiger partial charge in [-0.25, -0.2) is 0 Å². The van der Waals surface area contributed by atoms with Gasteiger partial charge in [0.2, 0.25) is 0 Å². The number of rotatable bonds is 7. The Morgan fingerprint density at radius 3 is 2.62 bits per heavy atom. The zero-order chi connectivity index (χ0) is 16.8. The van der Waals surface area contributed by atoms with Crippen LogP contribution in [0.2, 0.25) is 0 Å². The van der Waals surface area contributed by atoms with Crippen molar-refractivity contribution in [2.45, 2.75) is 44.4 Å². The Balaban J connectivity index is 1.61. The van der Waals surface area contributed by atoms with Crippen molar-refractivity contribution >= 4 is 0 Å². The summed E-state index contributed by atoms with van der Waals surface area (Å²) in [5.74, 6) is 0.883. The second kappa shape index (κ2) is 7.77. The number of benzene rings is 1. The molecule has 24 heavy (non-hydrogen) atoms. The van der Waals surface area contributed by atoms with Crippen molar-refractivity contribution in [2.75, 3.05) is 13.6 Å². The summed E-state index contributed by atoms with van der Waals surface area (Å²) in [4.78, 5) is 6.48. The molecule has 0 amide bonds. The van der Waals surface area contributed by atoms with Gasteiger partial charge in [-0.3, -0.25) is 9.88 Å². The average Bonchev–Trinajstić information content (AvgIpc) is 3.01. The van der Waals surface area contributed by atoms with Gasteiger partial charge in [0.1, 0.15) is 12.4 Å². The van der Waals surface area contributed by atoms with Crippen LogP contribution in [0.1, 0.15) is 36.9 Å². The SMILES string of the molecule is CN(Cc1ccccc1OCc1ccccn1)CC1(O)CCCC1. The summed E-state index contributed by atoms with van der Waals surface area (Å²) < 4.78 is 5.97. The molecule has 1 aliphatic carbocycles. The quantitative estimate of drug-likeness (QED) is 0.847. The van der Waals surface area contributed by atoms with Crippen molar-refractivity contribution in [3.63, 3.8) is 0 Å². The van der Waals surface area contributed by atoms with Crippen molar-refractivity contribution in [1.29, 1.82) is 0 Å². The number of likely N-dealkylation sites (N-methyl/N-ethyl adjacent to an activating group) is 1. The van der Waals surface area contributed by atoms with Crippen LogP contribution in [-0.4, -0.2) is 34.2 Å². The molecule has 4 heteroatoms. The second-order valence-electron chi connectivity index (χ2n) is 6.82. The summed E-state index contributed by atoms with van der Waals surface area (Å²) >= 11 is 0. The van der Waals surface area contributed by atoms with Gasteiger partial charge in [0.15, 0.2) is 0 Å². The molecule has 0 saturated heterocycles. The minimum atomic E-state index is -0.515. The molecule has 2 aromatic rings. The van der Waals surface area contributed by atoms with E-state index in [1.165, 1.54) is 0 Å². The van der Waals surface area contributed by atoms with Crippen molar-refractivity contribution in [1.82, 2.24) is 9.88 Å². The van der Waals surface area contributed by atoms with Gasteiger partial charge in [-0.05, 0) is 38.1 Å². The molecule has 1 aromatic heterocycles. The van der Waals surface area contributed by atoms with Gasteiger partial charge in [-0.15, -0.1) is 0 Å². The first-order valence-corrected chi connectivity index (χ1v) is 8.66. The Kier molecular flexibility index (Phi) is 5.48. The van der Waals surface area contributed by atoms with E-state index in [1.807, 2.05) is 36.4 Å². The van der Waals surface area contributed by atoms with E-state index in [-0.39, 0.29) is 0 Å². The van der Waals surface area contributed by atoms with E-state index >= 15 is 0 Å². The van der Waals surface area contributed by atoms with Crippen LogP contribution in [0.15, 0.2) is 48.7 Å². The van der Waals surface area contributed by atoms with E-state index in [4.69, 9.17) is 4.74 Å². The highest BCUT2D eigenvalue weighted by Gasteiger charge is 2.32. The molecule has 4 nitrogen and oxygen atoms in total. The Hall–Kier alpha value is -1.91. The molecule has 1 saturated carbocycles. The summed E-state index contributed by atoms with van der Waals surface area (Å²) in [6, 6.07) is 13.9. The highest BCUT2D eigenvalue weighted by molar-refractivity contribution is 5.33. The van der Waals surface area contributed by atoms with Crippen molar-refractivity contribution in [2.24, 2.45) is 0 Å². The van der Waals surface area contributed by atoms with Gasteiger partial charge in [-0.1, -0.05) is 37.1 Å². The molecule has 3 rings (SSSR count). The monoisotopic (exact) mass is 326 g/mol. The van der Waals surface area contributed by atoms with E-state index in [1.54, 1.807) is 6.20 Å². The third kappa shape index (κ3) is 4.56. The largest absolute Gasteiger partial charge is 0.487 e. The zero-order valence-corrected chi connectivity index (χ0v) is 14.3. The fraction of sp³-hybridized carbons (Fsp3) is 0.450. The summed E-state index contributed by atoms with van der Waals surface area (Å²) in [5, 5.41) is 10.6. The molecular weight excluding hydrogens is 300 g/mol. The normalized spacial score (nSPS) is 16.5. The lowest BCUT2D eigenvalue weighted by atomic mass is 10.0. The Labute approximate surface area is 144 Å². The summed E-state index contributed by atoms with van der Waals surface area (Å²) in [5.41, 5.74) is 1.54. The molecule has 0 atom stereocenters. The van der Waals surface area contributed by atoms with Gasteiger partial charge in [-0.2, -0.15) is 0 Å². The molecule has 1 aliphatic rings. The maximum absolute atomic E-state index is 10.6. The van der Waals surface area contributed by atoms with Crippen LogP contribution in [0.4, 0.5) is 0 Å². The number of pyridine rings is 1. The molecular formula is C20H26N2O2. The predicted octanol–water partition coefficient (Wildman–Crippen LogP) is 3.40. The van der Waals surface area contributed by atoms with Gasteiger partial charge in [0.05, 0.1) is 11.3 Å². The lowest BCUT2D eigenvalue weighted by molar-refractivity contribution is 0.0143. The van der Waals surface area contributed by atoms with Crippen LogP contribution in [-0.2, 0) is 13.2 Å². The summed E-state index contributed by atoms with van der Waals surface area (Å²) in [7, 11) is 2.06. The Bertz CT molecular complexity index is 639. The fourth-order valence-electron chi connectivity index (χ4n) is 3.45.